The van der Waals surface area contributed by atoms with Crippen LogP contribution in [-0.4, -0.2) is 22.8 Å². The number of nitrogens with one attached hydrogen (secondary N) is 1. The molecular weight excluding hydrogens is 384 g/mol. The fraction of sp³-hybridized carbons (Fsp3) is 0.259. The molecule has 0 unspecified atom stereocenters. The maximum atomic E-state index is 13.6. The summed E-state index contributed by atoms with van der Waals surface area (Å²) in [5.41, 5.74) is 4.68. The Morgan fingerprint density at radius 1 is 0.968 bits per heavy atom. The van der Waals surface area contributed by atoms with Crippen molar-refractivity contribution in [3.63, 3.8) is 0 Å². The summed E-state index contributed by atoms with van der Waals surface area (Å²) in [6.45, 7) is 2.52. The lowest BCUT2D eigenvalue weighted by Crippen LogP contribution is -2.48. The summed E-state index contributed by atoms with van der Waals surface area (Å²) in [7, 11) is 0. The van der Waals surface area contributed by atoms with Crippen LogP contribution in [0.2, 0.25) is 0 Å². The second-order valence-corrected chi connectivity index (χ2v) is 8.57. The molecule has 3 aromatic rings. The first-order valence-corrected chi connectivity index (χ1v) is 10.9. The van der Waals surface area contributed by atoms with Crippen LogP contribution < -0.4 is 5.32 Å². The smallest absolute Gasteiger partial charge is 0.254 e. The van der Waals surface area contributed by atoms with Gasteiger partial charge in [-0.2, -0.15) is 0 Å². The summed E-state index contributed by atoms with van der Waals surface area (Å²) in [4.78, 5) is 29.1. The molecule has 1 aliphatic carbocycles. The Balaban J connectivity index is 1.58. The molecule has 4 nitrogen and oxygen atoms in total. The van der Waals surface area contributed by atoms with Gasteiger partial charge in [0.05, 0.1) is 12.0 Å². The SMILES string of the molecule is Cc1cccc([C@@H]2[C@H](C(=O)NCc3ccccc3)c3ccccc3C(=O)N2C2CC2)c1. The van der Waals surface area contributed by atoms with Crippen LogP contribution >= 0.6 is 0 Å². The molecule has 2 amide bonds. The molecule has 5 rings (SSSR count). The monoisotopic (exact) mass is 410 g/mol. The number of fused-ring (bicyclic) bond motifs is 1. The van der Waals surface area contributed by atoms with Crippen LogP contribution in [0.3, 0.4) is 0 Å². The summed E-state index contributed by atoms with van der Waals surface area (Å²) in [5, 5.41) is 3.14. The van der Waals surface area contributed by atoms with Crippen molar-refractivity contribution in [1.29, 1.82) is 0 Å². The van der Waals surface area contributed by atoms with Gasteiger partial charge in [0.1, 0.15) is 0 Å². The zero-order valence-corrected chi connectivity index (χ0v) is 17.6. The van der Waals surface area contributed by atoms with Crippen molar-refractivity contribution in [2.75, 3.05) is 0 Å². The molecule has 2 aliphatic rings. The molecule has 1 aliphatic heterocycles. The maximum absolute atomic E-state index is 13.6. The minimum atomic E-state index is -0.444. The van der Waals surface area contributed by atoms with Crippen molar-refractivity contribution in [2.24, 2.45) is 0 Å². The summed E-state index contributed by atoms with van der Waals surface area (Å²) in [6.07, 6.45) is 1.99. The summed E-state index contributed by atoms with van der Waals surface area (Å²) in [5.74, 6) is -0.447. The van der Waals surface area contributed by atoms with Gasteiger partial charge in [0.15, 0.2) is 0 Å². The first-order chi connectivity index (χ1) is 15.1. The average molecular weight is 411 g/mol. The Morgan fingerprint density at radius 2 is 1.71 bits per heavy atom. The third kappa shape index (κ3) is 3.74. The molecule has 31 heavy (non-hydrogen) atoms. The summed E-state index contributed by atoms with van der Waals surface area (Å²) in [6, 6.07) is 25.7. The van der Waals surface area contributed by atoms with Crippen LogP contribution in [0.15, 0.2) is 78.9 Å². The van der Waals surface area contributed by atoms with E-state index in [-0.39, 0.29) is 23.9 Å². The van der Waals surface area contributed by atoms with Crippen molar-refractivity contribution >= 4 is 11.8 Å². The predicted octanol–water partition coefficient (Wildman–Crippen LogP) is 4.75. The van der Waals surface area contributed by atoms with Gasteiger partial charge in [0.25, 0.3) is 5.91 Å². The largest absolute Gasteiger partial charge is 0.351 e. The minimum absolute atomic E-state index is 0.0386. The number of hydrogen-bond acceptors (Lipinski definition) is 2. The van der Waals surface area contributed by atoms with Gasteiger partial charge in [-0.1, -0.05) is 78.4 Å². The number of rotatable bonds is 5. The summed E-state index contributed by atoms with van der Waals surface area (Å²) < 4.78 is 0. The molecule has 1 N–H and O–H groups in total. The van der Waals surface area contributed by atoms with Gasteiger partial charge in [-0.15, -0.1) is 0 Å². The van der Waals surface area contributed by atoms with Crippen molar-refractivity contribution in [3.8, 4) is 0 Å². The van der Waals surface area contributed by atoms with Gasteiger partial charge in [0.2, 0.25) is 5.91 Å². The molecular formula is C27H26N2O2. The highest BCUT2D eigenvalue weighted by Gasteiger charge is 2.48. The molecule has 156 valence electrons. The lowest BCUT2D eigenvalue weighted by atomic mass is 9.78. The van der Waals surface area contributed by atoms with Crippen LogP contribution in [0.25, 0.3) is 0 Å². The number of aryl methyl sites for hydroxylation is 1. The summed E-state index contributed by atoms with van der Waals surface area (Å²) >= 11 is 0. The fourth-order valence-electron chi connectivity index (χ4n) is 4.69. The van der Waals surface area contributed by atoms with Crippen molar-refractivity contribution in [2.45, 2.75) is 44.3 Å². The van der Waals surface area contributed by atoms with E-state index in [9.17, 15) is 9.59 Å². The second kappa shape index (κ2) is 8.03. The van der Waals surface area contributed by atoms with Gasteiger partial charge >= 0.3 is 0 Å². The molecule has 1 fully saturated rings. The predicted molar refractivity (Wildman–Crippen MR) is 121 cm³/mol. The molecule has 1 saturated carbocycles. The number of benzene rings is 3. The topological polar surface area (TPSA) is 49.4 Å². The molecule has 4 heteroatoms. The molecule has 3 aromatic carbocycles. The van der Waals surface area contributed by atoms with Gasteiger partial charge in [-0.3, -0.25) is 9.59 Å². The van der Waals surface area contributed by atoms with E-state index in [0.29, 0.717) is 12.1 Å². The van der Waals surface area contributed by atoms with E-state index in [2.05, 4.69) is 11.4 Å². The number of carbonyl (C=O) groups is 2. The van der Waals surface area contributed by atoms with Crippen LogP contribution in [0, 0.1) is 6.92 Å². The number of nitrogens with zero attached hydrogens (tertiary/aromatic N) is 1. The van der Waals surface area contributed by atoms with E-state index < -0.39 is 5.92 Å². The van der Waals surface area contributed by atoms with Crippen LogP contribution in [0.1, 0.15) is 57.4 Å². The number of amides is 2. The van der Waals surface area contributed by atoms with Crippen LogP contribution in [0.5, 0.6) is 0 Å². The van der Waals surface area contributed by atoms with Crippen molar-refractivity contribution in [3.05, 3.63) is 107 Å². The molecule has 0 bridgehead atoms. The first kappa shape index (κ1) is 19.6. The van der Waals surface area contributed by atoms with E-state index in [1.54, 1.807) is 0 Å². The molecule has 1 heterocycles. The van der Waals surface area contributed by atoms with Crippen LogP contribution in [0.4, 0.5) is 0 Å². The highest BCUT2D eigenvalue weighted by atomic mass is 16.2. The highest BCUT2D eigenvalue weighted by molar-refractivity contribution is 6.01. The highest BCUT2D eigenvalue weighted by Crippen LogP contribution is 2.47. The Hall–Kier alpha value is -3.40. The fourth-order valence-corrected chi connectivity index (χ4v) is 4.69. The van der Waals surface area contributed by atoms with E-state index in [1.165, 1.54) is 0 Å². The Kier molecular flexibility index (Phi) is 5.06. The number of hydrogen-bond donors (Lipinski definition) is 1. The molecule has 0 spiro atoms. The van der Waals surface area contributed by atoms with E-state index >= 15 is 0 Å². The average Bonchev–Trinajstić information content (AvgIpc) is 3.63. The third-order valence-electron chi connectivity index (χ3n) is 6.29. The standard InChI is InChI=1S/C27H26N2O2/c1-18-8-7-11-20(16-18)25-24(26(30)28-17-19-9-3-2-4-10-19)22-12-5-6-13-23(22)27(31)29(25)21-14-15-21/h2-13,16,21,24-25H,14-15,17H2,1H3,(H,28,30)/t24-,25-/m1/s1. The Labute approximate surface area is 182 Å². The lowest BCUT2D eigenvalue weighted by Gasteiger charge is -2.42. The van der Waals surface area contributed by atoms with Gasteiger partial charge < -0.3 is 10.2 Å². The zero-order chi connectivity index (χ0) is 21.4. The van der Waals surface area contributed by atoms with Crippen LogP contribution in [-0.2, 0) is 11.3 Å². The van der Waals surface area contributed by atoms with Gasteiger partial charge in [0, 0.05) is 18.2 Å². The third-order valence-corrected chi connectivity index (χ3v) is 6.29. The van der Waals surface area contributed by atoms with Gasteiger partial charge in [-0.05, 0) is 42.5 Å². The zero-order valence-electron chi connectivity index (χ0n) is 17.6. The Bertz CT molecular complexity index is 1120. The first-order valence-electron chi connectivity index (χ1n) is 10.9. The molecule has 0 aromatic heterocycles. The van der Waals surface area contributed by atoms with E-state index in [4.69, 9.17) is 0 Å². The second-order valence-electron chi connectivity index (χ2n) is 8.57. The normalized spacial score (nSPS) is 20.3. The molecule has 0 radical (unpaired) electrons. The van der Waals surface area contributed by atoms with Crippen molar-refractivity contribution in [1.82, 2.24) is 10.2 Å². The maximum Gasteiger partial charge on any atom is 0.254 e. The molecule has 2 atom stereocenters. The van der Waals surface area contributed by atoms with E-state index in [1.807, 2.05) is 84.6 Å². The van der Waals surface area contributed by atoms with E-state index in [0.717, 1.165) is 35.1 Å². The van der Waals surface area contributed by atoms with Gasteiger partial charge in [-0.25, -0.2) is 0 Å². The lowest BCUT2D eigenvalue weighted by molar-refractivity contribution is -0.124. The Morgan fingerprint density at radius 3 is 2.45 bits per heavy atom. The number of carbonyl (C=O) groups excluding carboxylic acids is 2. The molecule has 0 saturated heterocycles. The quantitative estimate of drug-likeness (QED) is 0.660. The van der Waals surface area contributed by atoms with Crippen molar-refractivity contribution < 1.29 is 9.59 Å². The minimum Gasteiger partial charge on any atom is -0.351 e.